The molecule has 1 amide bonds. The van der Waals surface area contributed by atoms with Gasteiger partial charge in [0.15, 0.2) is 0 Å². The third-order valence-electron chi connectivity index (χ3n) is 9.21. The van der Waals surface area contributed by atoms with Crippen molar-refractivity contribution in [2.24, 2.45) is 30.2 Å². The van der Waals surface area contributed by atoms with Crippen LogP contribution in [0.3, 0.4) is 0 Å². The number of anilines is 1. The van der Waals surface area contributed by atoms with E-state index in [1.165, 1.54) is 35.7 Å². The van der Waals surface area contributed by atoms with Crippen molar-refractivity contribution in [3.05, 3.63) is 53.6 Å². The summed E-state index contributed by atoms with van der Waals surface area (Å²) in [4.78, 5) is 25.2. The van der Waals surface area contributed by atoms with Gasteiger partial charge in [-0.25, -0.2) is 9.97 Å². The van der Waals surface area contributed by atoms with Gasteiger partial charge in [0.05, 0.1) is 11.1 Å². The van der Waals surface area contributed by atoms with E-state index in [0.29, 0.717) is 0 Å². The molecule has 1 aliphatic heterocycles. The van der Waals surface area contributed by atoms with E-state index in [1.807, 2.05) is 0 Å². The highest BCUT2D eigenvalue weighted by Crippen LogP contribution is 2.60. The fraction of sp³-hybridized carbons (Fsp3) is 0.536. The number of hydrogen-bond acceptors (Lipinski definition) is 4. The van der Waals surface area contributed by atoms with Crippen LogP contribution in [0.1, 0.15) is 55.3 Å². The molecule has 1 aromatic carbocycles. The maximum atomic E-state index is 13.6. The summed E-state index contributed by atoms with van der Waals surface area (Å²) in [7, 11) is 2.11. The molecule has 4 aliphatic carbocycles. The van der Waals surface area contributed by atoms with Crippen LogP contribution in [0.2, 0.25) is 0 Å². The van der Waals surface area contributed by atoms with E-state index < -0.39 is 0 Å². The van der Waals surface area contributed by atoms with Crippen molar-refractivity contribution in [1.29, 1.82) is 0 Å². The molecule has 0 atom stereocenters. The fourth-order valence-electron chi connectivity index (χ4n) is 8.07. The minimum absolute atomic E-state index is 0.151. The molecule has 0 radical (unpaired) electrons. The number of hydrogen-bond donors (Lipinski definition) is 1. The highest BCUT2D eigenvalue weighted by atomic mass is 16.2. The number of amides is 1. The van der Waals surface area contributed by atoms with E-state index >= 15 is 0 Å². The summed E-state index contributed by atoms with van der Waals surface area (Å²) in [5.74, 6) is 3.28. The molecule has 3 heterocycles. The number of aryl methyl sites for hydroxylation is 1. The van der Waals surface area contributed by atoms with Gasteiger partial charge in [-0.2, -0.15) is 0 Å². The Morgan fingerprint density at radius 2 is 1.82 bits per heavy atom. The normalized spacial score (nSPS) is 30.0. The van der Waals surface area contributed by atoms with Gasteiger partial charge in [0, 0.05) is 49.3 Å². The van der Waals surface area contributed by atoms with E-state index in [-0.39, 0.29) is 11.3 Å². The Kier molecular flexibility index (Phi) is 4.63. The standard InChI is InChI=1S/C28H33N5O/c1-32-14-21(22-4-2-3-5-25(22)32)15-33-7-6-23-24(16-33)29-17-30-26(23)31-27(34)28-11-18-8-19(12-28)10-20(9-18)13-28/h2-5,14,17-20H,6-13,15-16H2,1H3,(H,29,30,31,34). The zero-order valence-corrected chi connectivity index (χ0v) is 20.0. The van der Waals surface area contributed by atoms with Gasteiger partial charge in [0.1, 0.15) is 12.1 Å². The average molecular weight is 456 g/mol. The summed E-state index contributed by atoms with van der Waals surface area (Å²) in [6.45, 7) is 2.64. The molecule has 2 aromatic heterocycles. The van der Waals surface area contributed by atoms with Gasteiger partial charge in [-0.1, -0.05) is 18.2 Å². The highest BCUT2D eigenvalue weighted by Gasteiger charge is 2.54. The molecule has 4 fully saturated rings. The number of para-hydroxylation sites is 1. The summed E-state index contributed by atoms with van der Waals surface area (Å²) >= 11 is 0. The Morgan fingerprint density at radius 1 is 1.09 bits per heavy atom. The van der Waals surface area contributed by atoms with E-state index in [0.717, 1.165) is 80.1 Å². The lowest BCUT2D eigenvalue weighted by molar-refractivity contribution is -0.140. The van der Waals surface area contributed by atoms with Crippen LogP contribution in [0.5, 0.6) is 0 Å². The largest absolute Gasteiger partial charge is 0.350 e. The van der Waals surface area contributed by atoms with Crippen LogP contribution in [-0.2, 0) is 31.4 Å². The van der Waals surface area contributed by atoms with Gasteiger partial charge in [-0.3, -0.25) is 9.69 Å². The molecule has 176 valence electrons. The lowest BCUT2D eigenvalue weighted by atomic mass is 9.49. The van der Waals surface area contributed by atoms with Gasteiger partial charge >= 0.3 is 0 Å². The first-order valence-corrected chi connectivity index (χ1v) is 13.0. The number of benzene rings is 1. The minimum Gasteiger partial charge on any atom is -0.350 e. The molecule has 6 heteroatoms. The van der Waals surface area contributed by atoms with Gasteiger partial charge < -0.3 is 9.88 Å². The van der Waals surface area contributed by atoms with Crippen molar-refractivity contribution in [1.82, 2.24) is 19.4 Å². The molecule has 34 heavy (non-hydrogen) atoms. The summed E-state index contributed by atoms with van der Waals surface area (Å²) in [5, 5.41) is 4.63. The number of carbonyl (C=O) groups is 1. The Morgan fingerprint density at radius 3 is 2.59 bits per heavy atom. The van der Waals surface area contributed by atoms with Gasteiger partial charge in [0.25, 0.3) is 0 Å². The van der Waals surface area contributed by atoms with Crippen LogP contribution in [0.15, 0.2) is 36.8 Å². The van der Waals surface area contributed by atoms with Crippen molar-refractivity contribution in [3.63, 3.8) is 0 Å². The van der Waals surface area contributed by atoms with Gasteiger partial charge in [0.2, 0.25) is 5.91 Å². The molecule has 1 N–H and O–H groups in total. The van der Waals surface area contributed by atoms with E-state index in [2.05, 4.69) is 62.3 Å². The summed E-state index contributed by atoms with van der Waals surface area (Å²) in [6, 6.07) is 8.60. The van der Waals surface area contributed by atoms with Gasteiger partial charge in [-0.15, -0.1) is 0 Å². The second-order valence-corrected chi connectivity index (χ2v) is 11.5. The zero-order valence-electron chi connectivity index (χ0n) is 20.0. The Balaban J connectivity index is 1.09. The second kappa shape index (κ2) is 7.64. The first-order chi connectivity index (χ1) is 16.6. The molecule has 6 nitrogen and oxygen atoms in total. The number of nitrogens with one attached hydrogen (secondary N) is 1. The first kappa shape index (κ1) is 20.6. The minimum atomic E-state index is -0.151. The average Bonchev–Trinajstić information content (AvgIpc) is 3.13. The van der Waals surface area contributed by atoms with Crippen molar-refractivity contribution in [2.45, 2.75) is 58.0 Å². The van der Waals surface area contributed by atoms with Crippen LogP contribution in [0, 0.1) is 23.2 Å². The third-order valence-corrected chi connectivity index (χ3v) is 9.21. The smallest absolute Gasteiger partial charge is 0.231 e. The van der Waals surface area contributed by atoms with E-state index in [1.54, 1.807) is 6.33 Å². The first-order valence-electron chi connectivity index (χ1n) is 13.0. The van der Waals surface area contributed by atoms with Crippen LogP contribution in [0.4, 0.5) is 5.82 Å². The summed E-state index contributed by atoms with van der Waals surface area (Å²) < 4.78 is 2.21. The Bertz CT molecular complexity index is 1240. The second-order valence-electron chi connectivity index (χ2n) is 11.5. The van der Waals surface area contributed by atoms with Crippen molar-refractivity contribution < 1.29 is 4.79 Å². The molecule has 0 spiro atoms. The molecular weight excluding hydrogens is 422 g/mol. The van der Waals surface area contributed by atoms with E-state index in [9.17, 15) is 4.79 Å². The number of fused-ring (bicyclic) bond motifs is 2. The molecule has 4 bridgehead atoms. The number of carbonyl (C=O) groups excluding carboxylic acids is 1. The summed E-state index contributed by atoms with van der Waals surface area (Å²) in [6.07, 6.45) is 12.0. The van der Waals surface area contributed by atoms with E-state index in [4.69, 9.17) is 0 Å². The Hall–Kier alpha value is -2.73. The Labute approximate surface area is 200 Å². The maximum absolute atomic E-state index is 13.6. The molecular formula is C28H33N5O. The lowest BCUT2D eigenvalue weighted by Crippen LogP contribution is -2.52. The zero-order chi connectivity index (χ0) is 22.9. The predicted molar refractivity (Wildman–Crippen MR) is 132 cm³/mol. The highest BCUT2D eigenvalue weighted by molar-refractivity contribution is 5.95. The van der Waals surface area contributed by atoms with Gasteiger partial charge in [-0.05, 0) is 74.3 Å². The number of rotatable bonds is 4. The quantitative estimate of drug-likeness (QED) is 0.620. The molecule has 4 saturated carbocycles. The fourth-order valence-corrected chi connectivity index (χ4v) is 8.07. The molecule has 3 aromatic rings. The number of nitrogens with zero attached hydrogens (tertiary/aromatic N) is 4. The van der Waals surface area contributed by atoms with Crippen LogP contribution in [0.25, 0.3) is 10.9 Å². The van der Waals surface area contributed by atoms with Crippen LogP contribution in [-0.4, -0.2) is 31.9 Å². The maximum Gasteiger partial charge on any atom is 0.231 e. The SMILES string of the molecule is Cn1cc(CN2CCc3c(ncnc3NC(=O)C34CC5CC(CC(C5)C3)C4)C2)c2ccccc21. The predicted octanol–water partition coefficient (Wildman–Crippen LogP) is 4.68. The van der Waals surface area contributed by atoms with Crippen LogP contribution >= 0.6 is 0 Å². The number of aromatic nitrogens is 3. The third kappa shape index (κ3) is 3.29. The lowest BCUT2D eigenvalue weighted by Gasteiger charge is -2.55. The topological polar surface area (TPSA) is 63.1 Å². The van der Waals surface area contributed by atoms with Crippen molar-refractivity contribution in [3.8, 4) is 0 Å². The monoisotopic (exact) mass is 455 g/mol. The molecule has 5 aliphatic rings. The molecule has 0 saturated heterocycles. The van der Waals surface area contributed by atoms with Crippen molar-refractivity contribution >= 4 is 22.6 Å². The van der Waals surface area contributed by atoms with Crippen molar-refractivity contribution in [2.75, 3.05) is 11.9 Å². The summed E-state index contributed by atoms with van der Waals surface area (Å²) in [5.41, 5.74) is 4.66. The molecule has 8 rings (SSSR count). The van der Waals surface area contributed by atoms with Crippen LogP contribution < -0.4 is 5.32 Å². The molecule has 0 unspecified atom stereocenters.